The van der Waals surface area contributed by atoms with E-state index < -0.39 is 5.41 Å². The highest BCUT2D eigenvalue weighted by atomic mass is 19.1. The van der Waals surface area contributed by atoms with Crippen molar-refractivity contribution in [3.63, 3.8) is 0 Å². The largest absolute Gasteiger partial charge is 0.355 e. The monoisotopic (exact) mass is 457 g/mol. The van der Waals surface area contributed by atoms with E-state index in [4.69, 9.17) is 0 Å². The molecule has 5 heteroatoms. The molecule has 34 heavy (non-hydrogen) atoms. The summed E-state index contributed by atoms with van der Waals surface area (Å²) in [5.74, 6) is -0.162. The molecule has 1 atom stereocenters. The second-order valence-electron chi connectivity index (χ2n) is 10.6. The molecule has 4 rings (SSSR count). The molecular formula is C29H32FN3O. The number of amides is 1. The maximum absolute atomic E-state index is 13.4. The van der Waals surface area contributed by atoms with E-state index in [2.05, 4.69) is 66.7 Å². The maximum atomic E-state index is 13.4. The minimum atomic E-state index is -0.438. The first-order valence-electron chi connectivity index (χ1n) is 11.6. The molecule has 1 N–H and O–H groups in total. The molecule has 0 aliphatic rings. The Bertz CT molecular complexity index is 1280. The Kier molecular flexibility index (Phi) is 6.30. The van der Waals surface area contributed by atoms with Crippen LogP contribution < -0.4 is 5.32 Å². The van der Waals surface area contributed by atoms with E-state index in [1.54, 1.807) is 12.1 Å². The van der Waals surface area contributed by atoms with Crippen LogP contribution in [0.3, 0.4) is 0 Å². The first kappa shape index (κ1) is 23.7. The average Bonchev–Trinajstić information content (AvgIpc) is 3.21. The highest BCUT2D eigenvalue weighted by Gasteiger charge is 2.34. The Labute approximate surface area is 200 Å². The van der Waals surface area contributed by atoms with E-state index in [0.717, 1.165) is 22.2 Å². The summed E-state index contributed by atoms with van der Waals surface area (Å²) >= 11 is 0. The molecule has 176 valence electrons. The van der Waals surface area contributed by atoms with Crippen LogP contribution in [0, 0.1) is 16.6 Å². The average molecular weight is 458 g/mol. The van der Waals surface area contributed by atoms with Gasteiger partial charge in [-0.15, -0.1) is 0 Å². The normalized spacial score (nSPS) is 13.1. The summed E-state index contributed by atoms with van der Waals surface area (Å²) in [7, 11) is 0. The Balaban J connectivity index is 1.72. The zero-order valence-electron chi connectivity index (χ0n) is 20.5. The molecular weight excluding hydrogens is 425 g/mol. The lowest BCUT2D eigenvalue weighted by Crippen LogP contribution is -2.42. The van der Waals surface area contributed by atoms with Gasteiger partial charge in [0.1, 0.15) is 5.82 Å². The van der Waals surface area contributed by atoms with Gasteiger partial charge in [0.05, 0.1) is 17.4 Å². The van der Waals surface area contributed by atoms with Gasteiger partial charge >= 0.3 is 0 Å². The van der Waals surface area contributed by atoms with Crippen LogP contribution in [0.4, 0.5) is 4.39 Å². The number of hydrogen-bond acceptors (Lipinski definition) is 2. The van der Waals surface area contributed by atoms with Crippen LogP contribution in [-0.4, -0.2) is 22.2 Å². The van der Waals surface area contributed by atoms with Crippen molar-refractivity contribution in [2.75, 3.05) is 6.54 Å². The third-order valence-electron chi connectivity index (χ3n) is 6.30. The SMILES string of the molecule is CC(C)(C)C(=O)NCC(C)(C)[C@@H](c1ccccc1)c1ccc2c(cnn2-c2ccc(F)cc2)c1. The van der Waals surface area contributed by atoms with Crippen LogP contribution in [0.25, 0.3) is 16.6 Å². The number of fused-ring (bicyclic) bond motifs is 1. The van der Waals surface area contributed by atoms with Gasteiger partial charge in [-0.3, -0.25) is 4.79 Å². The molecule has 4 aromatic rings. The van der Waals surface area contributed by atoms with E-state index in [9.17, 15) is 9.18 Å². The second kappa shape index (κ2) is 9.05. The predicted octanol–water partition coefficient (Wildman–Crippen LogP) is 6.49. The highest BCUT2D eigenvalue weighted by Crippen LogP contribution is 2.41. The summed E-state index contributed by atoms with van der Waals surface area (Å²) in [6, 6.07) is 23.1. The fourth-order valence-corrected chi connectivity index (χ4v) is 4.43. The number of carbonyl (C=O) groups is 1. The van der Waals surface area contributed by atoms with Gasteiger partial charge in [0.2, 0.25) is 5.91 Å². The van der Waals surface area contributed by atoms with E-state index in [1.165, 1.54) is 17.7 Å². The minimum absolute atomic E-state index is 0.0448. The molecule has 0 unspecified atom stereocenters. The Morgan fingerprint density at radius 1 is 0.941 bits per heavy atom. The molecule has 0 spiro atoms. The molecule has 1 aromatic heterocycles. The Hall–Kier alpha value is -3.47. The van der Waals surface area contributed by atoms with Crippen LogP contribution in [0.2, 0.25) is 0 Å². The van der Waals surface area contributed by atoms with E-state index in [1.807, 2.05) is 37.7 Å². The molecule has 0 saturated carbocycles. The fourth-order valence-electron chi connectivity index (χ4n) is 4.43. The van der Waals surface area contributed by atoms with Crippen LogP contribution in [0.1, 0.15) is 51.7 Å². The quantitative estimate of drug-likeness (QED) is 0.360. The zero-order chi connectivity index (χ0) is 24.5. The van der Waals surface area contributed by atoms with Crippen molar-refractivity contribution in [1.29, 1.82) is 0 Å². The van der Waals surface area contributed by atoms with Gasteiger partial charge in [-0.05, 0) is 52.9 Å². The van der Waals surface area contributed by atoms with Crippen LogP contribution in [0.15, 0.2) is 79.0 Å². The molecule has 0 aliphatic heterocycles. The molecule has 0 radical (unpaired) electrons. The van der Waals surface area contributed by atoms with Gasteiger partial charge < -0.3 is 5.32 Å². The van der Waals surface area contributed by atoms with Crippen molar-refractivity contribution in [3.8, 4) is 5.69 Å². The van der Waals surface area contributed by atoms with Gasteiger partial charge in [0, 0.05) is 23.3 Å². The van der Waals surface area contributed by atoms with Crippen LogP contribution >= 0.6 is 0 Å². The number of hydrogen-bond donors (Lipinski definition) is 1. The first-order valence-corrected chi connectivity index (χ1v) is 11.6. The lowest BCUT2D eigenvalue weighted by Gasteiger charge is -2.36. The number of rotatable bonds is 6. The first-order chi connectivity index (χ1) is 16.1. The number of aromatic nitrogens is 2. The van der Waals surface area contributed by atoms with Gasteiger partial charge in [-0.25, -0.2) is 9.07 Å². The van der Waals surface area contributed by atoms with Crippen molar-refractivity contribution in [2.24, 2.45) is 10.8 Å². The number of carbonyl (C=O) groups excluding carboxylic acids is 1. The number of benzene rings is 3. The summed E-state index contributed by atoms with van der Waals surface area (Å²) < 4.78 is 15.2. The summed E-state index contributed by atoms with van der Waals surface area (Å²) in [6.07, 6.45) is 1.85. The van der Waals surface area contributed by atoms with E-state index >= 15 is 0 Å². The van der Waals surface area contributed by atoms with Crippen molar-refractivity contribution in [2.45, 2.75) is 40.5 Å². The topological polar surface area (TPSA) is 46.9 Å². The van der Waals surface area contributed by atoms with Crippen molar-refractivity contribution in [1.82, 2.24) is 15.1 Å². The fraction of sp³-hybridized carbons (Fsp3) is 0.310. The third-order valence-corrected chi connectivity index (χ3v) is 6.30. The summed E-state index contributed by atoms with van der Waals surface area (Å²) in [5.41, 5.74) is 3.44. The van der Waals surface area contributed by atoms with E-state index in [-0.39, 0.29) is 23.1 Å². The van der Waals surface area contributed by atoms with Crippen molar-refractivity contribution < 1.29 is 9.18 Å². The molecule has 0 fully saturated rings. The summed E-state index contributed by atoms with van der Waals surface area (Å²) in [5, 5.41) is 8.73. The van der Waals surface area contributed by atoms with Crippen LogP contribution in [0.5, 0.6) is 0 Å². The number of nitrogens with one attached hydrogen (secondary N) is 1. The molecule has 0 aliphatic carbocycles. The summed E-state index contributed by atoms with van der Waals surface area (Å²) in [4.78, 5) is 12.6. The van der Waals surface area contributed by atoms with Gasteiger partial charge in [0.15, 0.2) is 0 Å². The zero-order valence-corrected chi connectivity index (χ0v) is 20.5. The standard InChI is InChI=1S/C29H32FN3O/c1-28(2,3)27(34)31-19-29(4,5)26(20-9-7-6-8-10-20)21-11-16-25-22(17-21)18-32-33(25)24-14-12-23(30)13-15-24/h6-18,26H,19H2,1-5H3,(H,31,34)/t26-/m0/s1. The molecule has 0 saturated heterocycles. The van der Waals surface area contributed by atoms with Gasteiger partial charge in [-0.1, -0.05) is 71.0 Å². The Morgan fingerprint density at radius 2 is 1.62 bits per heavy atom. The lowest BCUT2D eigenvalue weighted by atomic mass is 9.71. The predicted molar refractivity (Wildman–Crippen MR) is 136 cm³/mol. The van der Waals surface area contributed by atoms with Crippen molar-refractivity contribution in [3.05, 3.63) is 95.9 Å². The maximum Gasteiger partial charge on any atom is 0.225 e. The second-order valence-corrected chi connectivity index (χ2v) is 10.6. The molecule has 1 heterocycles. The number of halogens is 1. The third kappa shape index (κ3) is 4.89. The van der Waals surface area contributed by atoms with Gasteiger partial charge in [0.25, 0.3) is 0 Å². The molecule has 0 bridgehead atoms. The van der Waals surface area contributed by atoms with Crippen molar-refractivity contribution >= 4 is 16.8 Å². The van der Waals surface area contributed by atoms with E-state index in [0.29, 0.717) is 6.54 Å². The van der Waals surface area contributed by atoms with Crippen LogP contribution in [-0.2, 0) is 4.79 Å². The summed E-state index contributed by atoms with van der Waals surface area (Å²) in [6.45, 7) is 10.7. The molecule has 1 amide bonds. The molecule has 3 aromatic carbocycles. The van der Waals surface area contributed by atoms with Gasteiger partial charge in [-0.2, -0.15) is 5.10 Å². The number of nitrogens with zero attached hydrogens (tertiary/aromatic N) is 2. The highest BCUT2D eigenvalue weighted by molar-refractivity contribution is 5.82. The Morgan fingerprint density at radius 3 is 2.26 bits per heavy atom. The minimum Gasteiger partial charge on any atom is -0.355 e. The molecule has 4 nitrogen and oxygen atoms in total. The lowest BCUT2D eigenvalue weighted by molar-refractivity contribution is -0.129. The smallest absolute Gasteiger partial charge is 0.225 e.